The summed E-state index contributed by atoms with van der Waals surface area (Å²) in [6.07, 6.45) is 1.54. The third-order valence-electron chi connectivity index (χ3n) is 4.88. The zero-order chi connectivity index (χ0) is 19.4. The summed E-state index contributed by atoms with van der Waals surface area (Å²) < 4.78 is 11.1. The van der Waals surface area contributed by atoms with Crippen LogP contribution >= 0.6 is 0 Å². The van der Waals surface area contributed by atoms with Gasteiger partial charge in [0, 0.05) is 24.3 Å². The topological polar surface area (TPSA) is 59.0 Å². The van der Waals surface area contributed by atoms with Gasteiger partial charge in [-0.25, -0.2) is 0 Å². The lowest BCUT2D eigenvalue weighted by Gasteiger charge is -2.33. The quantitative estimate of drug-likeness (QED) is 0.758. The minimum absolute atomic E-state index is 0.0288. The second-order valence-corrected chi connectivity index (χ2v) is 7.07. The molecule has 0 spiro atoms. The molecule has 1 atom stereocenters. The first-order chi connectivity index (χ1) is 13.0. The highest BCUT2D eigenvalue weighted by atomic mass is 16.5. The predicted octanol–water partition coefficient (Wildman–Crippen LogP) is 3.40. The van der Waals surface area contributed by atoms with E-state index in [4.69, 9.17) is 9.47 Å². The second kappa shape index (κ2) is 8.44. The monoisotopic (exact) mass is 369 g/mol. The molecule has 27 heavy (non-hydrogen) atoms. The fourth-order valence-electron chi connectivity index (χ4n) is 3.49. The van der Waals surface area contributed by atoms with Crippen molar-refractivity contribution in [1.82, 2.24) is 0 Å². The molecule has 0 saturated carbocycles. The first-order valence-electron chi connectivity index (χ1n) is 9.32. The van der Waals surface area contributed by atoms with Crippen molar-refractivity contribution < 1.29 is 19.4 Å². The molecule has 1 aliphatic heterocycles. The summed E-state index contributed by atoms with van der Waals surface area (Å²) in [5.41, 5.74) is 4.38. The van der Waals surface area contributed by atoms with E-state index in [2.05, 4.69) is 30.0 Å². The molecule has 1 heterocycles. The molecule has 5 nitrogen and oxygen atoms in total. The maximum absolute atomic E-state index is 11.5. The van der Waals surface area contributed by atoms with Crippen LogP contribution in [0.2, 0.25) is 0 Å². The van der Waals surface area contributed by atoms with Crippen molar-refractivity contribution in [2.24, 2.45) is 0 Å². The Labute approximate surface area is 160 Å². The molecule has 0 radical (unpaired) electrons. The number of hydrogen-bond donors (Lipinski definition) is 1. The van der Waals surface area contributed by atoms with Gasteiger partial charge in [-0.05, 0) is 56.5 Å². The number of anilines is 1. The van der Waals surface area contributed by atoms with Crippen LogP contribution in [0.15, 0.2) is 36.4 Å². The van der Waals surface area contributed by atoms with Gasteiger partial charge in [0.05, 0.1) is 7.11 Å². The Kier molecular flexibility index (Phi) is 6.01. The number of aryl methyl sites for hydroxylation is 2. The fourth-order valence-corrected chi connectivity index (χ4v) is 3.49. The summed E-state index contributed by atoms with van der Waals surface area (Å²) in [5, 5.41) is 10.5. The number of methoxy groups -OCH3 is 1. The molecule has 2 aromatic carbocycles. The van der Waals surface area contributed by atoms with E-state index in [9.17, 15) is 9.90 Å². The normalized spacial score (nSPS) is 14.4. The lowest BCUT2D eigenvalue weighted by atomic mass is 9.99. The van der Waals surface area contributed by atoms with Gasteiger partial charge in [0.25, 0.3) is 0 Å². The highest BCUT2D eigenvalue weighted by Crippen LogP contribution is 2.30. The average molecular weight is 369 g/mol. The van der Waals surface area contributed by atoms with Gasteiger partial charge < -0.3 is 19.5 Å². The van der Waals surface area contributed by atoms with E-state index < -0.39 is 6.10 Å². The number of hydrogen-bond acceptors (Lipinski definition) is 5. The first kappa shape index (κ1) is 19.2. The number of aliphatic hydroxyl groups is 1. The van der Waals surface area contributed by atoms with E-state index in [1.807, 2.05) is 0 Å². The van der Waals surface area contributed by atoms with E-state index >= 15 is 0 Å². The number of fused-ring (bicyclic) bond motifs is 1. The number of nitrogens with zero attached hydrogens (tertiary/aromatic N) is 1. The van der Waals surface area contributed by atoms with Crippen molar-refractivity contribution in [2.45, 2.75) is 32.8 Å². The Morgan fingerprint density at radius 3 is 2.78 bits per heavy atom. The lowest BCUT2D eigenvalue weighted by molar-refractivity contribution is 0.101. The number of carbonyl (C=O) groups excluding carboxylic acids is 1. The molecule has 2 aromatic rings. The molecule has 3 rings (SSSR count). The zero-order valence-corrected chi connectivity index (χ0v) is 16.2. The summed E-state index contributed by atoms with van der Waals surface area (Å²) in [5.74, 6) is 0.990. The van der Waals surface area contributed by atoms with Crippen molar-refractivity contribution in [2.75, 3.05) is 31.7 Å². The summed E-state index contributed by atoms with van der Waals surface area (Å²) in [6, 6.07) is 11.6. The van der Waals surface area contributed by atoms with Crippen LogP contribution in [0.1, 0.15) is 34.8 Å². The molecular formula is C22H27NO4. The van der Waals surface area contributed by atoms with Crippen LogP contribution in [0.3, 0.4) is 0 Å². The van der Waals surface area contributed by atoms with Gasteiger partial charge >= 0.3 is 0 Å². The van der Waals surface area contributed by atoms with E-state index in [-0.39, 0.29) is 12.4 Å². The van der Waals surface area contributed by atoms with E-state index in [0.29, 0.717) is 23.6 Å². The standard InChI is InChI=1S/C22H27NO4/c1-15-6-8-20-18(11-15)5-4-10-23(20)13-19(25)14-27-21-9-7-17(16(2)24)12-22(21)26-3/h6-9,11-12,19,25H,4-5,10,13-14H2,1-3H3. The Hall–Kier alpha value is -2.53. The third-order valence-corrected chi connectivity index (χ3v) is 4.88. The van der Waals surface area contributed by atoms with Crippen LogP contribution in [0.4, 0.5) is 5.69 Å². The second-order valence-electron chi connectivity index (χ2n) is 7.07. The van der Waals surface area contributed by atoms with Crippen LogP contribution in [-0.2, 0) is 6.42 Å². The number of ether oxygens (including phenoxy) is 2. The molecule has 0 bridgehead atoms. The molecule has 5 heteroatoms. The molecule has 1 unspecified atom stereocenters. The smallest absolute Gasteiger partial charge is 0.161 e. The fraction of sp³-hybridized carbons (Fsp3) is 0.409. The van der Waals surface area contributed by atoms with Gasteiger partial charge in [-0.2, -0.15) is 0 Å². The van der Waals surface area contributed by atoms with Crippen LogP contribution in [0.25, 0.3) is 0 Å². The molecule has 0 aliphatic carbocycles. The Balaban J connectivity index is 1.63. The van der Waals surface area contributed by atoms with Crippen molar-refractivity contribution in [3.05, 3.63) is 53.1 Å². The van der Waals surface area contributed by atoms with Gasteiger partial charge in [-0.15, -0.1) is 0 Å². The molecule has 1 aliphatic rings. The van der Waals surface area contributed by atoms with Gasteiger partial charge in [-0.3, -0.25) is 4.79 Å². The van der Waals surface area contributed by atoms with Gasteiger partial charge in [0.2, 0.25) is 0 Å². The first-order valence-corrected chi connectivity index (χ1v) is 9.32. The molecule has 1 N–H and O–H groups in total. The largest absolute Gasteiger partial charge is 0.493 e. The summed E-state index contributed by atoms with van der Waals surface area (Å²) in [6.45, 7) is 5.23. The molecule has 0 aromatic heterocycles. The highest BCUT2D eigenvalue weighted by Gasteiger charge is 2.20. The van der Waals surface area contributed by atoms with Crippen LogP contribution in [0.5, 0.6) is 11.5 Å². The third kappa shape index (κ3) is 4.61. The summed E-state index contributed by atoms with van der Waals surface area (Å²) >= 11 is 0. The number of carbonyl (C=O) groups is 1. The summed E-state index contributed by atoms with van der Waals surface area (Å²) in [7, 11) is 1.54. The molecule has 0 amide bonds. The van der Waals surface area contributed by atoms with E-state index in [1.54, 1.807) is 18.2 Å². The molecule has 144 valence electrons. The van der Waals surface area contributed by atoms with Crippen LogP contribution in [-0.4, -0.2) is 43.8 Å². The predicted molar refractivity (Wildman–Crippen MR) is 106 cm³/mol. The number of β-amino-alcohol motifs (C(OH)–C–C–N with tert-alkyl or cyclic N) is 1. The van der Waals surface area contributed by atoms with Crippen molar-refractivity contribution in [1.29, 1.82) is 0 Å². The minimum Gasteiger partial charge on any atom is -0.493 e. The number of benzene rings is 2. The van der Waals surface area contributed by atoms with Crippen molar-refractivity contribution in [3.63, 3.8) is 0 Å². The van der Waals surface area contributed by atoms with Gasteiger partial charge in [-0.1, -0.05) is 17.7 Å². The van der Waals surface area contributed by atoms with Crippen molar-refractivity contribution in [3.8, 4) is 11.5 Å². The Morgan fingerprint density at radius 1 is 1.22 bits per heavy atom. The molecule has 0 fully saturated rings. The molecular weight excluding hydrogens is 342 g/mol. The van der Waals surface area contributed by atoms with Crippen LogP contribution in [0, 0.1) is 6.92 Å². The minimum atomic E-state index is -0.630. The highest BCUT2D eigenvalue weighted by molar-refractivity contribution is 5.94. The van der Waals surface area contributed by atoms with Crippen molar-refractivity contribution >= 4 is 11.5 Å². The van der Waals surface area contributed by atoms with E-state index in [1.165, 1.54) is 30.8 Å². The number of rotatable bonds is 7. The average Bonchev–Trinajstić information content (AvgIpc) is 2.66. The van der Waals surface area contributed by atoms with Crippen LogP contribution < -0.4 is 14.4 Å². The number of Topliss-reactive ketones (excluding diaryl/α,β-unsaturated/α-hetero) is 1. The van der Waals surface area contributed by atoms with Gasteiger partial charge in [0.15, 0.2) is 17.3 Å². The van der Waals surface area contributed by atoms with E-state index in [0.717, 1.165) is 19.4 Å². The zero-order valence-electron chi connectivity index (χ0n) is 16.2. The maximum atomic E-state index is 11.5. The maximum Gasteiger partial charge on any atom is 0.161 e. The SMILES string of the molecule is COc1cc(C(C)=O)ccc1OCC(O)CN1CCCc2cc(C)ccc21. The lowest BCUT2D eigenvalue weighted by Crippen LogP contribution is -2.38. The molecule has 0 saturated heterocycles. The number of aliphatic hydroxyl groups excluding tert-OH is 1. The Bertz CT molecular complexity index is 818. The Morgan fingerprint density at radius 2 is 2.04 bits per heavy atom. The van der Waals surface area contributed by atoms with Gasteiger partial charge in [0.1, 0.15) is 12.7 Å². The number of ketones is 1. The summed E-state index contributed by atoms with van der Waals surface area (Å²) in [4.78, 5) is 13.7.